The van der Waals surface area contributed by atoms with Gasteiger partial charge in [0.1, 0.15) is 5.82 Å². The van der Waals surface area contributed by atoms with E-state index in [0.29, 0.717) is 0 Å². The van der Waals surface area contributed by atoms with Crippen LogP contribution in [0.1, 0.15) is 22.7 Å². The molecule has 2 heteroatoms. The van der Waals surface area contributed by atoms with Gasteiger partial charge >= 0.3 is 0 Å². The fraction of sp³-hybridized carbons (Fsp3) is 0.143. The number of halogens is 1. The van der Waals surface area contributed by atoms with E-state index in [0.717, 1.165) is 11.1 Å². The summed E-state index contributed by atoms with van der Waals surface area (Å²) >= 11 is 0. The first kappa shape index (κ1) is 10.8. The molecule has 0 spiro atoms. The third kappa shape index (κ3) is 2.28. The molecule has 0 heterocycles. The van der Waals surface area contributed by atoms with E-state index >= 15 is 0 Å². The van der Waals surface area contributed by atoms with Crippen LogP contribution in [0, 0.1) is 12.7 Å². The Morgan fingerprint density at radius 3 is 2.31 bits per heavy atom. The molecule has 1 nitrogen and oxygen atoms in total. The summed E-state index contributed by atoms with van der Waals surface area (Å²) in [4.78, 5) is 0. The highest BCUT2D eigenvalue weighted by Gasteiger charge is 2.08. The third-order valence-corrected chi connectivity index (χ3v) is 2.63. The molecule has 0 fully saturated rings. The number of hydrogen-bond acceptors (Lipinski definition) is 1. The Kier molecular flexibility index (Phi) is 3.02. The topological polar surface area (TPSA) is 26.0 Å². The standard InChI is InChI=1S/C14H14FN/c1-10-3-2-4-12(9-10)14(16)11-5-7-13(15)8-6-11/h2-9,14H,16H2,1H3. The van der Waals surface area contributed by atoms with E-state index in [9.17, 15) is 4.39 Å². The minimum Gasteiger partial charge on any atom is -0.320 e. The first-order valence-corrected chi connectivity index (χ1v) is 5.24. The molecular weight excluding hydrogens is 201 g/mol. The van der Waals surface area contributed by atoms with Gasteiger partial charge in [-0.3, -0.25) is 0 Å². The number of hydrogen-bond donors (Lipinski definition) is 1. The zero-order chi connectivity index (χ0) is 11.5. The predicted molar refractivity (Wildman–Crippen MR) is 63.6 cm³/mol. The molecule has 0 bridgehead atoms. The molecule has 0 aliphatic heterocycles. The summed E-state index contributed by atoms with van der Waals surface area (Å²) in [5, 5.41) is 0. The summed E-state index contributed by atoms with van der Waals surface area (Å²) in [7, 11) is 0. The maximum atomic E-state index is 12.8. The average Bonchev–Trinajstić information content (AvgIpc) is 2.29. The van der Waals surface area contributed by atoms with Crippen molar-refractivity contribution in [1.82, 2.24) is 0 Å². The van der Waals surface area contributed by atoms with Crippen LogP contribution in [0.5, 0.6) is 0 Å². The molecule has 2 N–H and O–H groups in total. The maximum Gasteiger partial charge on any atom is 0.123 e. The monoisotopic (exact) mass is 215 g/mol. The van der Waals surface area contributed by atoms with Crippen LogP contribution in [0.15, 0.2) is 48.5 Å². The van der Waals surface area contributed by atoms with Crippen molar-refractivity contribution in [1.29, 1.82) is 0 Å². The van der Waals surface area contributed by atoms with Crippen LogP contribution >= 0.6 is 0 Å². The average molecular weight is 215 g/mol. The molecule has 16 heavy (non-hydrogen) atoms. The second-order valence-electron chi connectivity index (χ2n) is 3.94. The summed E-state index contributed by atoms with van der Waals surface area (Å²) in [5.74, 6) is -0.236. The summed E-state index contributed by atoms with van der Waals surface area (Å²) in [6.45, 7) is 2.03. The van der Waals surface area contributed by atoms with Gasteiger partial charge in [0.25, 0.3) is 0 Å². The van der Waals surface area contributed by atoms with Crippen molar-refractivity contribution in [3.8, 4) is 0 Å². The van der Waals surface area contributed by atoms with Gasteiger partial charge in [0.05, 0.1) is 6.04 Å². The smallest absolute Gasteiger partial charge is 0.123 e. The molecule has 1 unspecified atom stereocenters. The van der Waals surface area contributed by atoms with Crippen molar-refractivity contribution in [2.75, 3.05) is 0 Å². The Morgan fingerprint density at radius 1 is 1.00 bits per heavy atom. The van der Waals surface area contributed by atoms with Crippen LogP contribution in [0.2, 0.25) is 0 Å². The zero-order valence-electron chi connectivity index (χ0n) is 9.15. The summed E-state index contributed by atoms with van der Waals surface area (Å²) in [6, 6.07) is 14.2. The Hall–Kier alpha value is -1.67. The molecule has 0 saturated carbocycles. The van der Waals surface area contributed by atoms with Crippen molar-refractivity contribution < 1.29 is 4.39 Å². The predicted octanol–water partition coefficient (Wildman–Crippen LogP) is 3.18. The van der Waals surface area contributed by atoms with Gasteiger partial charge in [-0.05, 0) is 30.2 Å². The first-order valence-electron chi connectivity index (χ1n) is 5.24. The van der Waals surface area contributed by atoms with Gasteiger partial charge in [-0.25, -0.2) is 4.39 Å². The second-order valence-corrected chi connectivity index (χ2v) is 3.94. The van der Waals surface area contributed by atoms with Gasteiger partial charge in [0.2, 0.25) is 0 Å². The molecule has 0 amide bonds. The molecule has 0 aliphatic rings. The molecular formula is C14H14FN. The van der Waals surface area contributed by atoms with E-state index in [4.69, 9.17) is 5.73 Å². The van der Waals surface area contributed by atoms with E-state index in [1.165, 1.54) is 17.7 Å². The molecule has 2 aromatic rings. The second kappa shape index (κ2) is 4.45. The number of aryl methyl sites for hydroxylation is 1. The summed E-state index contributed by atoms with van der Waals surface area (Å²) in [5.41, 5.74) is 9.26. The molecule has 0 aromatic heterocycles. The lowest BCUT2D eigenvalue weighted by molar-refractivity contribution is 0.626. The Bertz CT molecular complexity index is 476. The number of rotatable bonds is 2. The van der Waals surface area contributed by atoms with Gasteiger partial charge < -0.3 is 5.73 Å². The van der Waals surface area contributed by atoms with Gasteiger partial charge in [0, 0.05) is 0 Å². The van der Waals surface area contributed by atoms with Crippen LogP contribution < -0.4 is 5.73 Å². The highest BCUT2D eigenvalue weighted by Crippen LogP contribution is 2.20. The van der Waals surface area contributed by atoms with Crippen LogP contribution in [0.4, 0.5) is 4.39 Å². The Labute approximate surface area is 94.7 Å². The van der Waals surface area contributed by atoms with Gasteiger partial charge in [-0.1, -0.05) is 42.0 Å². The van der Waals surface area contributed by atoms with Gasteiger partial charge in [-0.2, -0.15) is 0 Å². The van der Waals surface area contributed by atoms with Gasteiger partial charge in [-0.15, -0.1) is 0 Å². The minimum atomic E-state index is -0.236. The van der Waals surface area contributed by atoms with Crippen LogP contribution in [-0.2, 0) is 0 Å². The minimum absolute atomic E-state index is 0.194. The van der Waals surface area contributed by atoms with Crippen LogP contribution in [-0.4, -0.2) is 0 Å². The van der Waals surface area contributed by atoms with Crippen molar-refractivity contribution in [3.05, 3.63) is 71.0 Å². The van der Waals surface area contributed by atoms with E-state index in [2.05, 4.69) is 0 Å². The van der Waals surface area contributed by atoms with Crippen molar-refractivity contribution in [2.45, 2.75) is 13.0 Å². The molecule has 0 saturated heterocycles. The van der Waals surface area contributed by atoms with Crippen LogP contribution in [0.3, 0.4) is 0 Å². The summed E-state index contributed by atoms with van der Waals surface area (Å²) in [6.07, 6.45) is 0. The molecule has 82 valence electrons. The Morgan fingerprint density at radius 2 is 1.69 bits per heavy atom. The van der Waals surface area contributed by atoms with Crippen molar-refractivity contribution in [3.63, 3.8) is 0 Å². The largest absolute Gasteiger partial charge is 0.320 e. The molecule has 2 rings (SSSR count). The van der Waals surface area contributed by atoms with E-state index in [1.54, 1.807) is 12.1 Å². The lowest BCUT2D eigenvalue weighted by Crippen LogP contribution is -2.11. The van der Waals surface area contributed by atoms with Crippen molar-refractivity contribution in [2.24, 2.45) is 5.73 Å². The zero-order valence-corrected chi connectivity index (χ0v) is 9.15. The quantitative estimate of drug-likeness (QED) is 0.818. The normalized spacial score (nSPS) is 12.4. The van der Waals surface area contributed by atoms with Gasteiger partial charge in [0.15, 0.2) is 0 Å². The molecule has 0 radical (unpaired) electrons. The lowest BCUT2D eigenvalue weighted by Gasteiger charge is -2.13. The maximum absolute atomic E-state index is 12.8. The molecule has 1 atom stereocenters. The fourth-order valence-corrected chi connectivity index (χ4v) is 1.73. The van der Waals surface area contributed by atoms with E-state index < -0.39 is 0 Å². The third-order valence-electron chi connectivity index (χ3n) is 2.63. The SMILES string of the molecule is Cc1cccc(C(N)c2ccc(F)cc2)c1. The lowest BCUT2D eigenvalue weighted by atomic mass is 9.98. The fourth-order valence-electron chi connectivity index (χ4n) is 1.73. The van der Waals surface area contributed by atoms with E-state index in [-0.39, 0.29) is 11.9 Å². The Balaban J connectivity index is 2.31. The highest BCUT2D eigenvalue weighted by molar-refractivity contribution is 5.33. The molecule has 2 aromatic carbocycles. The first-order chi connectivity index (χ1) is 7.66. The summed E-state index contributed by atoms with van der Waals surface area (Å²) < 4.78 is 12.8. The van der Waals surface area contributed by atoms with Crippen LogP contribution in [0.25, 0.3) is 0 Å². The van der Waals surface area contributed by atoms with Crippen molar-refractivity contribution >= 4 is 0 Å². The highest BCUT2D eigenvalue weighted by atomic mass is 19.1. The number of nitrogens with two attached hydrogens (primary N) is 1. The number of benzene rings is 2. The van der Waals surface area contributed by atoms with E-state index in [1.807, 2.05) is 31.2 Å². The molecule has 0 aliphatic carbocycles.